The molecule has 0 aliphatic heterocycles. The Hall–Kier alpha value is 0.190. The van der Waals surface area contributed by atoms with Gasteiger partial charge in [0.05, 0.1) is 9.92 Å². The summed E-state index contributed by atoms with van der Waals surface area (Å²) in [6.07, 6.45) is 4.45. The van der Waals surface area contributed by atoms with Crippen molar-refractivity contribution >= 4 is 49.2 Å². The van der Waals surface area contributed by atoms with Crippen LogP contribution in [-0.4, -0.2) is 20.8 Å². The molecular weight excluding hydrogens is 397 g/mol. The SMILES string of the molecule is O=S(=O)(NCC1CCCCC1CCl)c1ccc(Cl)c(Br)c1. The van der Waals surface area contributed by atoms with Crippen LogP contribution in [0.3, 0.4) is 0 Å². The zero-order chi connectivity index (χ0) is 15.5. The fourth-order valence-electron chi connectivity index (χ4n) is 2.70. The zero-order valence-corrected chi connectivity index (χ0v) is 15.4. The number of hydrogen-bond donors (Lipinski definition) is 1. The lowest BCUT2D eigenvalue weighted by Crippen LogP contribution is -2.34. The molecule has 1 aliphatic carbocycles. The molecule has 1 aromatic carbocycles. The molecule has 7 heteroatoms. The molecule has 0 spiro atoms. The minimum atomic E-state index is -3.51. The van der Waals surface area contributed by atoms with E-state index in [0.717, 1.165) is 19.3 Å². The monoisotopic (exact) mass is 413 g/mol. The topological polar surface area (TPSA) is 46.2 Å². The summed E-state index contributed by atoms with van der Waals surface area (Å²) >= 11 is 15.1. The predicted octanol–water partition coefficient (Wildman–Crippen LogP) is 4.43. The highest BCUT2D eigenvalue weighted by atomic mass is 79.9. The first kappa shape index (κ1) is 17.5. The van der Waals surface area contributed by atoms with Gasteiger partial charge in [-0.2, -0.15) is 0 Å². The highest BCUT2D eigenvalue weighted by molar-refractivity contribution is 9.10. The van der Waals surface area contributed by atoms with E-state index in [9.17, 15) is 8.42 Å². The van der Waals surface area contributed by atoms with Gasteiger partial charge in [0, 0.05) is 16.9 Å². The van der Waals surface area contributed by atoms with Crippen molar-refractivity contribution in [1.29, 1.82) is 0 Å². The van der Waals surface area contributed by atoms with Crippen LogP contribution in [0.25, 0.3) is 0 Å². The van der Waals surface area contributed by atoms with E-state index in [2.05, 4.69) is 20.7 Å². The fourth-order valence-corrected chi connectivity index (χ4v) is 4.87. The van der Waals surface area contributed by atoms with Crippen molar-refractivity contribution < 1.29 is 8.42 Å². The van der Waals surface area contributed by atoms with Gasteiger partial charge in [-0.25, -0.2) is 13.1 Å². The molecule has 3 nitrogen and oxygen atoms in total. The summed E-state index contributed by atoms with van der Waals surface area (Å²) in [6.45, 7) is 0.444. The third-order valence-corrected chi connectivity index (χ3v) is 7.03. The van der Waals surface area contributed by atoms with Crippen LogP contribution < -0.4 is 4.72 Å². The normalized spacial score (nSPS) is 23.2. The molecule has 1 aliphatic rings. The molecule has 0 heterocycles. The Morgan fingerprint density at radius 1 is 1.24 bits per heavy atom. The molecule has 0 saturated heterocycles. The van der Waals surface area contributed by atoms with Crippen LogP contribution in [0.1, 0.15) is 25.7 Å². The van der Waals surface area contributed by atoms with Crippen LogP contribution in [-0.2, 0) is 10.0 Å². The van der Waals surface area contributed by atoms with E-state index in [0.29, 0.717) is 33.8 Å². The van der Waals surface area contributed by atoms with Gasteiger partial charge in [-0.1, -0.05) is 24.4 Å². The summed E-state index contributed by atoms with van der Waals surface area (Å²) in [7, 11) is -3.51. The Morgan fingerprint density at radius 3 is 2.52 bits per heavy atom. The molecular formula is C14H18BrCl2NO2S. The molecule has 0 aromatic heterocycles. The Morgan fingerprint density at radius 2 is 1.90 bits per heavy atom. The summed E-state index contributed by atoms with van der Waals surface area (Å²) in [5.41, 5.74) is 0. The fraction of sp³-hybridized carbons (Fsp3) is 0.571. The second-order valence-electron chi connectivity index (χ2n) is 5.39. The zero-order valence-electron chi connectivity index (χ0n) is 11.5. The number of sulfonamides is 1. The number of nitrogens with one attached hydrogen (secondary N) is 1. The number of hydrogen-bond acceptors (Lipinski definition) is 2. The second kappa shape index (κ2) is 7.64. The number of alkyl halides is 1. The first-order chi connectivity index (χ1) is 9.94. The Bertz CT molecular complexity index is 595. The number of rotatable bonds is 5. The molecule has 118 valence electrons. The largest absolute Gasteiger partial charge is 0.240 e. The van der Waals surface area contributed by atoms with Crippen LogP contribution in [0.5, 0.6) is 0 Å². The van der Waals surface area contributed by atoms with Gasteiger partial charge in [-0.05, 0) is 58.8 Å². The molecule has 2 rings (SSSR count). The van der Waals surface area contributed by atoms with Crippen molar-refractivity contribution in [2.45, 2.75) is 30.6 Å². The summed E-state index contributed by atoms with van der Waals surface area (Å²) in [5, 5.41) is 0.489. The maximum atomic E-state index is 12.3. The van der Waals surface area contributed by atoms with Crippen molar-refractivity contribution in [3.05, 3.63) is 27.7 Å². The van der Waals surface area contributed by atoms with E-state index in [4.69, 9.17) is 23.2 Å². The van der Waals surface area contributed by atoms with Crippen molar-refractivity contribution in [2.24, 2.45) is 11.8 Å². The Labute approximate surface area is 144 Å². The lowest BCUT2D eigenvalue weighted by atomic mass is 9.80. The van der Waals surface area contributed by atoms with Crippen LogP contribution in [0.2, 0.25) is 5.02 Å². The smallest absolute Gasteiger partial charge is 0.211 e. The Kier molecular flexibility index (Phi) is 6.38. The highest BCUT2D eigenvalue weighted by Gasteiger charge is 2.26. The molecule has 1 aromatic rings. The minimum absolute atomic E-state index is 0.219. The van der Waals surface area contributed by atoms with Crippen molar-refractivity contribution in [3.63, 3.8) is 0 Å². The van der Waals surface area contributed by atoms with E-state index in [1.165, 1.54) is 18.6 Å². The van der Waals surface area contributed by atoms with Gasteiger partial charge in [0.15, 0.2) is 0 Å². The summed E-state index contributed by atoms with van der Waals surface area (Å²) in [4.78, 5) is 0.219. The summed E-state index contributed by atoms with van der Waals surface area (Å²) < 4.78 is 27.9. The third kappa shape index (κ3) is 4.58. The first-order valence-electron chi connectivity index (χ1n) is 6.94. The third-order valence-electron chi connectivity index (χ3n) is 4.00. The molecule has 0 amide bonds. The summed E-state index contributed by atoms with van der Waals surface area (Å²) in [5.74, 6) is 1.32. The molecule has 1 fully saturated rings. The lowest BCUT2D eigenvalue weighted by Gasteiger charge is -2.30. The van der Waals surface area contributed by atoms with Gasteiger partial charge in [0.1, 0.15) is 0 Å². The van der Waals surface area contributed by atoms with Gasteiger partial charge in [-0.15, -0.1) is 11.6 Å². The molecule has 1 saturated carbocycles. The Balaban J connectivity index is 2.05. The van der Waals surface area contributed by atoms with Gasteiger partial charge < -0.3 is 0 Å². The van der Waals surface area contributed by atoms with Gasteiger partial charge in [-0.3, -0.25) is 0 Å². The van der Waals surface area contributed by atoms with Crippen LogP contribution in [0, 0.1) is 11.8 Å². The second-order valence-corrected chi connectivity index (χ2v) is 8.72. The lowest BCUT2D eigenvalue weighted by molar-refractivity contribution is 0.260. The molecule has 21 heavy (non-hydrogen) atoms. The molecule has 1 N–H and O–H groups in total. The standard InChI is InChI=1S/C14H18BrCl2NO2S/c15-13-7-12(5-6-14(13)17)21(19,20)18-9-11-4-2-1-3-10(11)8-16/h5-7,10-11,18H,1-4,8-9H2. The van der Waals surface area contributed by atoms with Crippen molar-refractivity contribution in [2.75, 3.05) is 12.4 Å². The van der Waals surface area contributed by atoms with Crippen molar-refractivity contribution in [3.8, 4) is 0 Å². The van der Waals surface area contributed by atoms with Gasteiger partial charge in [0.2, 0.25) is 10.0 Å². The molecule has 2 unspecified atom stereocenters. The maximum absolute atomic E-state index is 12.3. The molecule has 0 bridgehead atoms. The first-order valence-corrected chi connectivity index (χ1v) is 10.1. The highest BCUT2D eigenvalue weighted by Crippen LogP contribution is 2.31. The molecule has 2 atom stereocenters. The maximum Gasteiger partial charge on any atom is 0.240 e. The van der Waals surface area contributed by atoms with E-state index >= 15 is 0 Å². The minimum Gasteiger partial charge on any atom is -0.211 e. The quantitative estimate of drug-likeness (QED) is 0.724. The van der Waals surface area contributed by atoms with E-state index in [1.807, 2.05) is 0 Å². The van der Waals surface area contributed by atoms with Gasteiger partial charge >= 0.3 is 0 Å². The van der Waals surface area contributed by atoms with Gasteiger partial charge in [0.25, 0.3) is 0 Å². The predicted molar refractivity (Wildman–Crippen MR) is 90.5 cm³/mol. The van der Waals surface area contributed by atoms with Crippen LogP contribution >= 0.6 is 39.1 Å². The van der Waals surface area contributed by atoms with Crippen molar-refractivity contribution in [1.82, 2.24) is 4.72 Å². The van der Waals surface area contributed by atoms with E-state index in [-0.39, 0.29) is 4.90 Å². The van der Waals surface area contributed by atoms with Crippen LogP contribution in [0.15, 0.2) is 27.6 Å². The van der Waals surface area contributed by atoms with Crippen LogP contribution in [0.4, 0.5) is 0 Å². The average Bonchev–Trinajstić information content (AvgIpc) is 2.48. The summed E-state index contributed by atoms with van der Waals surface area (Å²) in [6, 6.07) is 4.60. The van der Waals surface area contributed by atoms with E-state index < -0.39 is 10.0 Å². The molecule has 0 radical (unpaired) electrons. The number of halogens is 3. The number of benzene rings is 1. The van der Waals surface area contributed by atoms with E-state index in [1.54, 1.807) is 6.07 Å². The average molecular weight is 415 g/mol.